The van der Waals surface area contributed by atoms with E-state index in [2.05, 4.69) is 38.6 Å². The Morgan fingerprint density at radius 2 is 2.19 bits per heavy atom. The summed E-state index contributed by atoms with van der Waals surface area (Å²) >= 11 is 0. The number of fused-ring (bicyclic) bond motifs is 1. The molecule has 1 heteroatoms. The van der Waals surface area contributed by atoms with Crippen molar-refractivity contribution < 1.29 is 4.74 Å². The van der Waals surface area contributed by atoms with Gasteiger partial charge < -0.3 is 4.74 Å². The topological polar surface area (TPSA) is 9.23 Å². The molecule has 1 aromatic rings. The Morgan fingerprint density at radius 3 is 2.75 bits per heavy atom. The van der Waals surface area contributed by atoms with Crippen LogP contribution in [0, 0.1) is 0 Å². The van der Waals surface area contributed by atoms with Gasteiger partial charge in [-0.2, -0.15) is 0 Å². The van der Waals surface area contributed by atoms with Crippen LogP contribution >= 0.6 is 0 Å². The molecule has 0 bridgehead atoms. The molecular weight excluding hydrogens is 196 g/mol. The fourth-order valence-corrected chi connectivity index (χ4v) is 2.00. The van der Waals surface area contributed by atoms with Crippen molar-refractivity contribution in [2.45, 2.75) is 27.2 Å². The summed E-state index contributed by atoms with van der Waals surface area (Å²) in [7, 11) is 0. The highest BCUT2D eigenvalue weighted by Crippen LogP contribution is 2.48. The van der Waals surface area contributed by atoms with E-state index in [1.54, 1.807) is 0 Å². The maximum atomic E-state index is 5.68. The Bertz CT molecular complexity index is 467. The van der Waals surface area contributed by atoms with E-state index in [1.165, 1.54) is 22.3 Å². The lowest BCUT2D eigenvalue weighted by Crippen LogP contribution is -1.95. The predicted octanol–water partition coefficient (Wildman–Crippen LogP) is 4.27. The second-order valence-corrected chi connectivity index (χ2v) is 4.22. The lowest BCUT2D eigenvalue weighted by atomic mass is 10.1. The molecule has 0 atom stereocenters. The molecule has 1 aliphatic rings. The fraction of sp³-hybridized carbons (Fsp3) is 0.333. The van der Waals surface area contributed by atoms with Crippen molar-refractivity contribution in [3.05, 3.63) is 41.5 Å². The summed E-state index contributed by atoms with van der Waals surface area (Å²) in [6.07, 6.45) is 3.19. The molecule has 0 radical (unpaired) electrons. The van der Waals surface area contributed by atoms with Crippen LogP contribution in [0.1, 0.15) is 43.9 Å². The monoisotopic (exact) mass is 214 g/mol. The highest BCUT2D eigenvalue weighted by Gasteiger charge is 2.29. The molecule has 0 aliphatic heterocycles. The number of allylic oxidation sites excluding steroid dienone is 2. The molecule has 1 aromatic carbocycles. The maximum absolute atomic E-state index is 5.68. The van der Waals surface area contributed by atoms with E-state index in [-0.39, 0.29) is 0 Å². The third kappa shape index (κ3) is 1.78. The minimum Gasteiger partial charge on any atom is -0.494 e. The van der Waals surface area contributed by atoms with Crippen LogP contribution in [0.2, 0.25) is 0 Å². The van der Waals surface area contributed by atoms with Crippen LogP contribution in [0.15, 0.2) is 24.8 Å². The van der Waals surface area contributed by atoms with Crippen LogP contribution in [0.4, 0.5) is 0 Å². The van der Waals surface area contributed by atoms with Gasteiger partial charge in [0.25, 0.3) is 0 Å². The summed E-state index contributed by atoms with van der Waals surface area (Å²) in [5.74, 6) is 0.968. The summed E-state index contributed by atoms with van der Waals surface area (Å²) < 4.78 is 5.68. The summed E-state index contributed by atoms with van der Waals surface area (Å²) in [4.78, 5) is 0. The van der Waals surface area contributed by atoms with Gasteiger partial charge in [0.15, 0.2) is 0 Å². The van der Waals surface area contributed by atoms with Gasteiger partial charge in [-0.25, -0.2) is 0 Å². The molecule has 84 valence electrons. The Balaban J connectivity index is 2.36. The van der Waals surface area contributed by atoms with Gasteiger partial charge in [0.05, 0.1) is 6.61 Å². The van der Waals surface area contributed by atoms with Crippen LogP contribution in [0.5, 0.6) is 5.75 Å². The Morgan fingerprint density at radius 1 is 1.44 bits per heavy atom. The maximum Gasteiger partial charge on any atom is 0.120 e. The van der Waals surface area contributed by atoms with E-state index in [4.69, 9.17) is 4.74 Å². The lowest BCUT2D eigenvalue weighted by Gasteiger charge is -2.05. The molecule has 0 saturated carbocycles. The second kappa shape index (κ2) is 4.17. The van der Waals surface area contributed by atoms with E-state index in [1.807, 2.05) is 6.92 Å². The van der Waals surface area contributed by atoms with Gasteiger partial charge in [-0.3, -0.25) is 0 Å². The zero-order valence-corrected chi connectivity index (χ0v) is 10.3. The number of ether oxygens (including phenoxy) is 1. The van der Waals surface area contributed by atoms with Gasteiger partial charge in [-0.15, -0.1) is 0 Å². The van der Waals surface area contributed by atoms with Gasteiger partial charge >= 0.3 is 0 Å². The SMILES string of the molecule is C=C(C)c1cc(OCCC)cc2c1/C2=C\C. The molecule has 1 nitrogen and oxygen atoms in total. The molecule has 0 aromatic heterocycles. The molecule has 0 N–H and O–H groups in total. The zero-order chi connectivity index (χ0) is 11.7. The Kier molecular flexibility index (Phi) is 2.86. The van der Waals surface area contributed by atoms with E-state index in [0.29, 0.717) is 0 Å². The van der Waals surface area contributed by atoms with Crippen molar-refractivity contribution in [1.29, 1.82) is 0 Å². The first-order chi connectivity index (χ1) is 7.69. The van der Waals surface area contributed by atoms with Crippen molar-refractivity contribution in [1.82, 2.24) is 0 Å². The smallest absolute Gasteiger partial charge is 0.120 e. The molecule has 2 rings (SSSR count). The molecule has 0 saturated heterocycles. The van der Waals surface area contributed by atoms with Crippen LogP contribution in [-0.2, 0) is 0 Å². The quantitative estimate of drug-likeness (QED) is 0.738. The third-order valence-electron chi connectivity index (χ3n) is 2.83. The predicted molar refractivity (Wildman–Crippen MR) is 69.7 cm³/mol. The van der Waals surface area contributed by atoms with Crippen LogP contribution in [0.25, 0.3) is 11.1 Å². The van der Waals surface area contributed by atoms with Gasteiger partial charge in [-0.1, -0.05) is 25.2 Å². The highest BCUT2D eigenvalue weighted by molar-refractivity contribution is 6.05. The molecular formula is C15H18O. The van der Waals surface area contributed by atoms with Crippen molar-refractivity contribution in [3.8, 4) is 5.75 Å². The lowest BCUT2D eigenvalue weighted by molar-refractivity contribution is 0.317. The average molecular weight is 214 g/mol. The first kappa shape index (κ1) is 11.0. The zero-order valence-electron chi connectivity index (χ0n) is 10.3. The largest absolute Gasteiger partial charge is 0.494 e. The molecule has 0 unspecified atom stereocenters. The van der Waals surface area contributed by atoms with Crippen LogP contribution in [-0.4, -0.2) is 6.61 Å². The minimum atomic E-state index is 0.777. The molecule has 1 aliphatic carbocycles. The van der Waals surface area contributed by atoms with Crippen molar-refractivity contribution in [2.24, 2.45) is 0 Å². The second-order valence-electron chi connectivity index (χ2n) is 4.22. The standard InChI is InChI=1S/C15H18O/c1-5-7-16-11-8-13(10(3)4)15-12(6-2)14(15)9-11/h6,8-9H,3,5,7H2,1-2,4H3/b12-6-. The summed E-state index contributed by atoms with van der Waals surface area (Å²) in [5, 5.41) is 0. The van der Waals surface area contributed by atoms with Crippen LogP contribution in [0.3, 0.4) is 0 Å². The van der Waals surface area contributed by atoms with Gasteiger partial charge in [-0.05, 0) is 54.7 Å². The summed E-state index contributed by atoms with van der Waals surface area (Å²) in [5.41, 5.74) is 6.38. The van der Waals surface area contributed by atoms with Gasteiger partial charge in [0, 0.05) is 0 Å². The van der Waals surface area contributed by atoms with Gasteiger partial charge in [0.2, 0.25) is 0 Å². The number of rotatable bonds is 4. The van der Waals surface area contributed by atoms with E-state index < -0.39 is 0 Å². The van der Waals surface area contributed by atoms with E-state index >= 15 is 0 Å². The molecule has 0 amide bonds. The fourth-order valence-electron chi connectivity index (χ4n) is 2.00. The number of hydrogen-bond donors (Lipinski definition) is 0. The highest BCUT2D eigenvalue weighted by atomic mass is 16.5. The van der Waals surface area contributed by atoms with E-state index in [0.717, 1.165) is 24.4 Å². The molecule has 0 spiro atoms. The molecule has 0 heterocycles. The van der Waals surface area contributed by atoms with E-state index in [9.17, 15) is 0 Å². The number of hydrogen-bond acceptors (Lipinski definition) is 1. The third-order valence-corrected chi connectivity index (χ3v) is 2.83. The summed E-state index contributed by atoms with van der Waals surface area (Å²) in [6.45, 7) is 11.0. The van der Waals surface area contributed by atoms with Crippen molar-refractivity contribution in [3.63, 3.8) is 0 Å². The minimum absolute atomic E-state index is 0.777. The van der Waals surface area contributed by atoms with Crippen LogP contribution < -0.4 is 4.74 Å². The Hall–Kier alpha value is -1.50. The Labute approximate surface area is 97.4 Å². The molecule has 0 fully saturated rings. The van der Waals surface area contributed by atoms with Gasteiger partial charge in [0.1, 0.15) is 5.75 Å². The first-order valence-electron chi connectivity index (χ1n) is 5.82. The molecule has 16 heavy (non-hydrogen) atoms. The average Bonchev–Trinajstić information content (AvgIpc) is 2.98. The van der Waals surface area contributed by atoms with Crippen molar-refractivity contribution >= 4 is 11.1 Å². The van der Waals surface area contributed by atoms with Crippen molar-refractivity contribution in [2.75, 3.05) is 6.61 Å². The normalized spacial score (nSPS) is 14.8. The first-order valence-corrected chi connectivity index (χ1v) is 5.82. The summed E-state index contributed by atoms with van der Waals surface area (Å²) in [6, 6.07) is 4.24. The number of benzene rings is 1.